The summed E-state index contributed by atoms with van der Waals surface area (Å²) in [6, 6.07) is 0. The fourth-order valence-corrected chi connectivity index (χ4v) is 2.01. The molecular formula is C8H12N2O4S. The molecule has 84 valence electrons. The van der Waals surface area contributed by atoms with Crippen LogP contribution in [-0.2, 0) is 19.7 Å². The number of allylic oxidation sites excluding steroid dienone is 1. The van der Waals surface area contributed by atoms with Crippen LogP contribution >= 0.6 is 0 Å². The van der Waals surface area contributed by atoms with E-state index in [4.69, 9.17) is 0 Å². The van der Waals surface area contributed by atoms with Crippen LogP contribution < -0.4 is 4.72 Å². The maximum absolute atomic E-state index is 11.2. The number of methoxy groups -OCH3 is 1. The molecule has 0 radical (unpaired) electrons. The molecule has 0 unspecified atom stereocenters. The molecule has 0 saturated carbocycles. The van der Waals surface area contributed by atoms with Gasteiger partial charge in [0.25, 0.3) is 0 Å². The SMILES string of the molecule is COC(=O)C1=NS(=O)(=O)NC(C(C)C)=C1. The molecule has 1 N–H and O–H groups in total. The third kappa shape index (κ3) is 2.79. The quantitative estimate of drug-likeness (QED) is 0.678. The minimum absolute atomic E-state index is 0.0464. The number of ether oxygens (including phenoxy) is 1. The van der Waals surface area contributed by atoms with Crippen LogP contribution in [0.15, 0.2) is 16.2 Å². The highest BCUT2D eigenvalue weighted by Gasteiger charge is 2.23. The van der Waals surface area contributed by atoms with Gasteiger partial charge in [-0.25, -0.2) is 4.79 Å². The van der Waals surface area contributed by atoms with Crippen molar-refractivity contribution in [1.82, 2.24) is 4.72 Å². The smallest absolute Gasteiger partial charge is 0.357 e. The van der Waals surface area contributed by atoms with Gasteiger partial charge in [0.05, 0.1) is 7.11 Å². The lowest BCUT2D eigenvalue weighted by molar-refractivity contribution is -0.132. The Morgan fingerprint density at radius 1 is 1.53 bits per heavy atom. The Morgan fingerprint density at radius 2 is 2.13 bits per heavy atom. The number of carbonyl (C=O) groups excluding carboxylic acids is 1. The maximum atomic E-state index is 11.2. The standard InChI is InChI=1S/C8H12N2O4S/c1-5(2)6-4-7(8(11)14-3)10-15(12,13)9-6/h4-5,9H,1-3H3. The number of hydrogen-bond acceptors (Lipinski definition) is 4. The lowest BCUT2D eigenvalue weighted by atomic mass is 10.1. The van der Waals surface area contributed by atoms with Crippen molar-refractivity contribution in [2.45, 2.75) is 13.8 Å². The first-order valence-corrected chi connectivity index (χ1v) is 5.72. The molecule has 0 bridgehead atoms. The second kappa shape index (κ2) is 4.01. The summed E-state index contributed by atoms with van der Waals surface area (Å²) in [5.41, 5.74) is 0.213. The van der Waals surface area contributed by atoms with E-state index in [9.17, 15) is 13.2 Å². The predicted molar refractivity (Wildman–Crippen MR) is 54.4 cm³/mol. The number of nitrogens with zero attached hydrogens (tertiary/aromatic N) is 1. The van der Waals surface area contributed by atoms with Gasteiger partial charge in [0, 0.05) is 5.70 Å². The summed E-state index contributed by atoms with van der Waals surface area (Å²) in [5.74, 6) is -0.812. The monoisotopic (exact) mass is 232 g/mol. The number of esters is 1. The molecule has 6 nitrogen and oxygen atoms in total. The van der Waals surface area contributed by atoms with Crippen molar-refractivity contribution in [3.63, 3.8) is 0 Å². The summed E-state index contributed by atoms with van der Waals surface area (Å²) >= 11 is 0. The first-order valence-electron chi connectivity index (χ1n) is 4.28. The summed E-state index contributed by atoms with van der Waals surface area (Å²) in [5, 5.41) is 0. The number of rotatable bonds is 2. The highest BCUT2D eigenvalue weighted by atomic mass is 32.2. The molecule has 0 fully saturated rings. The molecule has 0 aliphatic carbocycles. The second-order valence-corrected chi connectivity index (χ2v) is 4.64. The molecule has 0 aromatic heterocycles. The third-order valence-corrected chi connectivity index (χ3v) is 2.70. The molecule has 15 heavy (non-hydrogen) atoms. The van der Waals surface area contributed by atoms with Crippen LogP contribution in [0.2, 0.25) is 0 Å². The molecule has 0 saturated heterocycles. The highest BCUT2D eigenvalue weighted by molar-refractivity contribution is 7.88. The molecule has 1 heterocycles. The number of carbonyl (C=O) groups is 1. The Morgan fingerprint density at radius 3 is 2.60 bits per heavy atom. The predicted octanol–water partition coefficient (Wildman–Crippen LogP) is -0.0117. The van der Waals surface area contributed by atoms with E-state index in [0.717, 1.165) is 0 Å². The maximum Gasteiger partial charge on any atom is 0.357 e. The molecule has 0 amide bonds. The van der Waals surface area contributed by atoms with E-state index in [2.05, 4.69) is 13.9 Å². The van der Waals surface area contributed by atoms with E-state index in [0.29, 0.717) is 5.70 Å². The largest absolute Gasteiger partial charge is 0.464 e. The first-order chi connectivity index (χ1) is 6.85. The van der Waals surface area contributed by atoms with E-state index in [1.165, 1.54) is 13.2 Å². The van der Waals surface area contributed by atoms with Gasteiger partial charge in [-0.3, -0.25) is 4.72 Å². The van der Waals surface area contributed by atoms with Crippen molar-refractivity contribution >= 4 is 21.9 Å². The Kier molecular flexibility index (Phi) is 3.13. The van der Waals surface area contributed by atoms with Crippen LogP contribution in [0.5, 0.6) is 0 Å². The minimum atomic E-state index is -3.81. The van der Waals surface area contributed by atoms with Crippen LogP contribution in [0.25, 0.3) is 0 Å². The third-order valence-electron chi connectivity index (χ3n) is 1.77. The number of hydrogen-bond donors (Lipinski definition) is 1. The zero-order valence-corrected chi connectivity index (χ0v) is 9.46. The van der Waals surface area contributed by atoms with Crippen LogP contribution in [0.1, 0.15) is 13.8 Å². The summed E-state index contributed by atoms with van der Waals surface area (Å²) in [6.45, 7) is 3.60. The summed E-state index contributed by atoms with van der Waals surface area (Å²) in [6.07, 6.45) is 1.37. The van der Waals surface area contributed by atoms with Crippen molar-refractivity contribution in [2.75, 3.05) is 7.11 Å². The van der Waals surface area contributed by atoms with Crippen LogP contribution in [0.4, 0.5) is 0 Å². The van der Waals surface area contributed by atoms with Crippen LogP contribution in [-0.4, -0.2) is 27.2 Å². The molecule has 7 heteroatoms. The molecule has 1 aliphatic rings. The minimum Gasteiger partial charge on any atom is -0.464 e. The summed E-state index contributed by atoms with van der Waals surface area (Å²) in [4.78, 5) is 11.1. The van der Waals surface area contributed by atoms with Crippen molar-refractivity contribution < 1.29 is 17.9 Å². The van der Waals surface area contributed by atoms with E-state index < -0.39 is 16.2 Å². The molecule has 1 rings (SSSR count). The Balaban J connectivity index is 3.15. The van der Waals surface area contributed by atoms with Crippen LogP contribution in [0, 0.1) is 5.92 Å². The second-order valence-electron chi connectivity index (χ2n) is 3.30. The summed E-state index contributed by atoms with van der Waals surface area (Å²) < 4.78 is 32.4. The highest BCUT2D eigenvalue weighted by Crippen LogP contribution is 2.13. The molecule has 1 aliphatic heterocycles. The van der Waals surface area contributed by atoms with Crippen LogP contribution in [0.3, 0.4) is 0 Å². The normalized spacial score (nSPS) is 18.9. The van der Waals surface area contributed by atoms with Gasteiger partial charge in [-0.1, -0.05) is 13.8 Å². The van der Waals surface area contributed by atoms with E-state index >= 15 is 0 Å². The van der Waals surface area contributed by atoms with E-state index in [1.54, 1.807) is 13.8 Å². The molecule has 0 atom stereocenters. The fourth-order valence-electron chi connectivity index (χ4n) is 0.990. The molecule has 0 aromatic rings. The van der Waals surface area contributed by atoms with Gasteiger partial charge < -0.3 is 4.74 Å². The average molecular weight is 232 g/mol. The Labute approximate surface area is 88.2 Å². The van der Waals surface area contributed by atoms with Crippen molar-refractivity contribution in [3.8, 4) is 0 Å². The fraction of sp³-hybridized carbons (Fsp3) is 0.500. The Hall–Kier alpha value is -1.37. The molecular weight excluding hydrogens is 220 g/mol. The van der Waals surface area contributed by atoms with Gasteiger partial charge >= 0.3 is 16.2 Å². The lowest BCUT2D eigenvalue weighted by Gasteiger charge is -2.16. The van der Waals surface area contributed by atoms with Gasteiger partial charge in [-0.2, -0.15) is 8.42 Å². The first kappa shape index (κ1) is 11.7. The van der Waals surface area contributed by atoms with Crippen molar-refractivity contribution in [2.24, 2.45) is 10.3 Å². The van der Waals surface area contributed by atoms with Crippen molar-refractivity contribution in [3.05, 3.63) is 11.8 Å². The molecule has 0 aromatic carbocycles. The average Bonchev–Trinajstić information content (AvgIpc) is 2.14. The number of nitrogens with one attached hydrogen (secondary N) is 1. The van der Waals surface area contributed by atoms with Gasteiger partial charge in [0.2, 0.25) is 0 Å². The zero-order valence-electron chi connectivity index (χ0n) is 8.64. The van der Waals surface area contributed by atoms with Gasteiger partial charge in [0.1, 0.15) is 0 Å². The topological polar surface area (TPSA) is 84.8 Å². The van der Waals surface area contributed by atoms with E-state index in [-0.39, 0.29) is 11.6 Å². The zero-order chi connectivity index (χ0) is 11.6. The van der Waals surface area contributed by atoms with Gasteiger partial charge in [-0.05, 0) is 12.0 Å². The Bertz CT molecular complexity index is 434. The lowest BCUT2D eigenvalue weighted by Crippen LogP contribution is -2.32. The van der Waals surface area contributed by atoms with E-state index in [1.807, 2.05) is 0 Å². The molecule has 0 spiro atoms. The van der Waals surface area contributed by atoms with Crippen molar-refractivity contribution in [1.29, 1.82) is 0 Å². The summed E-state index contributed by atoms with van der Waals surface area (Å²) in [7, 11) is -2.64. The van der Waals surface area contributed by atoms with Gasteiger partial charge in [-0.15, -0.1) is 4.40 Å². The van der Waals surface area contributed by atoms with Gasteiger partial charge in [0.15, 0.2) is 5.71 Å².